The molecule has 0 unspecified atom stereocenters. The fourth-order valence-electron chi connectivity index (χ4n) is 1.57. The van der Waals surface area contributed by atoms with Gasteiger partial charge in [-0.3, -0.25) is 0 Å². The molecule has 0 aliphatic rings. The third kappa shape index (κ3) is 3.34. The van der Waals surface area contributed by atoms with Crippen molar-refractivity contribution >= 4 is 51.4 Å². The minimum absolute atomic E-state index is 0.208. The number of esters is 2. The van der Waals surface area contributed by atoms with E-state index in [1.165, 1.54) is 37.3 Å². The molecule has 0 atom stereocenters. The predicted octanol–water partition coefficient (Wildman–Crippen LogP) is 2.05. The molecule has 0 fully saturated rings. The summed E-state index contributed by atoms with van der Waals surface area (Å²) >= 11 is 3.74. The summed E-state index contributed by atoms with van der Waals surface area (Å²) in [6, 6.07) is 0. The molecule has 7 nitrogen and oxygen atoms in total. The van der Waals surface area contributed by atoms with Gasteiger partial charge in [0.2, 0.25) is 0 Å². The molecule has 0 saturated heterocycles. The average molecular weight is 345 g/mol. The van der Waals surface area contributed by atoms with E-state index in [2.05, 4.69) is 10.2 Å². The minimum atomic E-state index is -0.577. The van der Waals surface area contributed by atoms with Gasteiger partial charge in [-0.25, -0.2) is 9.59 Å². The summed E-state index contributed by atoms with van der Waals surface area (Å²) in [5, 5.41) is 7.86. The number of thiophene rings is 1. The fourth-order valence-corrected chi connectivity index (χ4v) is 4.17. The Kier molecular flexibility index (Phi) is 5.15. The predicted molar refractivity (Wildman–Crippen MR) is 80.9 cm³/mol. The van der Waals surface area contributed by atoms with E-state index in [0.29, 0.717) is 16.2 Å². The lowest BCUT2D eigenvalue weighted by atomic mass is 10.1. The van der Waals surface area contributed by atoms with E-state index in [4.69, 9.17) is 15.2 Å². The van der Waals surface area contributed by atoms with Crippen LogP contribution in [-0.4, -0.2) is 36.4 Å². The Hall–Kier alpha value is -1.65. The van der Waals surface area contributed by atoms with Gasteiger partial charge >= 0.3 is 11.9 Å². The molecule has 0 aliphatic heterocycles. The van der Waals surface area contributed by atoms with Crippen LogP contribution in [0.25, 0.3) is 0 Å². The van der Waals surface area contributed by atoms with E-state index in [9.17, 15) is 9.59 Å². The monoisotopic (exact) mass is 345 g/mol. The van der Waals surface area contributed by atoms with Gasteiger partial charge in [-0.15, -0.1) is 21.5 Å². The second-order valence-electron chi connectivity index (χ2n) is 3.63. The largest absolute Gasteiger partial charge is 0.465 e. The van der Waals surface area contributed by atoms with Gasteiger partial charge in [0.05, 0.1) is 19.8 Å². The molecule has 2 rings (SSSR count). The van der Waals surface area contributed by atoms with Crippen molar-refractivity contribution in [3.05, 3.63) is 21.5 Å². The molecule has 2 heterocycles. The third-order valence-corrected chi connectivity index (χ3v) is 5.40. The normalized spacial score (nSPS) is 10.4. The first-order valence-corrected chi connectivity index (χ1v) is 8.23. The van der Waals surface area contributed by atoms with Crippen molar-refractivity contribution in [1.29, 1.82) is 0 Å². The molecule has 2 N–H and O–H groups in total. The third-order valence-electron chi connectivity index (χ3n) is 2.47. The molecular formula is C11H11N3O4S3. The molecule has 2 aromatic heterocycles. The number of ether oxygens (including phenoxy) is 2. The standard InChI is InChI=1S/C11H11N3O4S3/c1-17-9(15)6-5(3-19-11-14-13-4-20-11)7(10(16)18-2)21-8(6)12/h4H,3,12H2,1-2H3. The lowest BCUT2D eigenvalue weighted by Crippen LogP contribution is -2.08. The highest BCUT2D eigenvalue weighted by Gasteiger charge is 2.27. The lowest BCUT2D eigenvalue weighted by molar-refractivity contribution is 0.0601. The molecule has 0 spiro atoms. The molecule has 0 aliphatic carbocycles. The van der Waals surface area contributed by atoms with E-state index in [-0.39, 0.29) is 10.6 Å². The van der Waals surface area contributed by atoms with Gasteiger partial charge in [0.15, 0.2) is 4.34 Å². The highest BCUT2D eigenvalue weighted by atomic mass is 32.2. The van der Waals surface area contributed by atoms with Gasteiger partial charge < -0.3 is 15.2 Å². The molecule has 2 aromatic rings. The lowest BCUT2D eigenvalue weighted by Gasteiger charge is -2.04. The summed E-state index contributed by atoms with van der Waals surface area (Å²) in [5.41, 5.74) is 8.14. The number of thioether (sulfide) groups is 1. The van der Waals surface area contributed by atoms with Crippen LogP contribution in [-0.2, 0) is 15.2 Å². The number of carbonyl (C=O) groups is 2. The molecule has 112 valence electrons. The highest BCUT2D eigenvalue weighted by Crippen LogP contribution is 2.36. The maximum atomic E-state index is 11.9. The number of carbonyl (C=O) groups excluding carboxylic acids is 2. The number of hydrogen-bond acceptors (Lipinski definition) is 10. The van der Waals surface area contributed by atoms with Crippen molar-refractivity contribution in [2.24, 2.45) is 0 Å². The first-order chi connectivity index (χ1) is 10.1. The molecule has 0 bridgehead atoms. The van der Waals surface area contributed by atoms with Gasteiger partial charge in [-0.1, -0.05) is 23.1 Å². The van der Waals surface area contributed by atoms with Crippen LogP contribution in [0.2, 0.25) is 0 Å². The number of rotatable bonds is 5. The molecule has 0 amide bonds. The van der Waals surface area contributed by atoms with Crippen LogP contribution in [0.4, 0.5) is 5.00 Å². The first-order valence-electron chi connectivity index (χ1n) is 5.55. The van der Waals surface area contributed by atoms with Crippen molar-refractivity contribution in [3.8, 4) is 0 Å². The highest BCUT2D eigenvalue weighted by molar-refractivity contribution is 8.00. The maximum Gasteiger partial charge on any atom is 0.348 e. The van der Waals surface area contributed by atoms with Crippen molar-refractivity contribution < 1.29 is 19.1 Å². The van der Waals surface area contributed by atoms with Crippen LogP contribution in [0.3, 0.4) is 0 Å². The van der Waals surface area contributed by atoms with E-state index < -0.39 is 11.9 Å². The number of nitrogen functional groups attached to an aromatic ring is 1. The number of nitrogens with two attached hydrogens (primary N) is 1. The van der Waals surface area contributed by atoms with Crippen LogP contribution < -0.4 is 5.73 Å². The van der Waals surface area contributed by atoms with E-state index in [1.54, 1.807) is 5.51 Å². The Bertz CT molecular complexity index is 654. The first kappa shape index (κ1) is 15.7. The van der Waals surface area contributed by atoms with Crippen molar-refractivity contribution in [2.45, 2.75) is 10.1 Å². The topological polar surface area (TPSA) is 104 Å². The van der Waals surface area contributed by atoms with E-state index in [0.717, 1.165) is 15.7 Å². The van der Waals surface area contributed by atoms with Gasteiger partial charge in [-0.05, 0) is 0 Å². The van der Waals surface area contributed by atoms with E-state index >= 15 is 0 Å². The molecule has 0 aromatic carbocycles. The smallest absolute Gasteiger partial charge is 0.348 e. The Labute approximate surface area is 132 Å². The summed E-state index contributed by atoms with van der Waals surface area (Å²) in [5.74, 6) is -0.765. The maximum absolute atomic E-state index is 11.9. The summed E-state index contributed by atoms with van der Waals surface area (Å²) < 4.78 is 10.2. The number of aromatic nitrogens is 2. The van der Waals surface area contributed by atoms with Crippen LogP contribution in [0.1, 0.15) is 25.6 Å². The average Bonchev–Trinajstić information content (AvgIpc) is 3.11. The van der Waals surface area contributed by atoms with Gasteiger partial charge in [0.25, 0.3) is 0 Å². The molecular weight excluding hydrogens is 334 g/mol. The number of hydrogen-bond donors (Lipinski definition) is 1. The molecule has 0 saturated carbocycles. The summed E-state index contributed by atoms with van der Waals surface area (Å²) in [6.45, 7) is 0. The van der Waals surface area contributed by atoms with Crippen molar-refractivity contribution in [1.82, 2.24) is 10.2 Å². The van der Waals surface area contributed by atoms with Crippen LogP contribution >= 0.6 is 34.4 Å². The summed E-state index contributed by atoms with van der Waals surface area (Å²) in [7, 11) is 2.54. The zero-order chi connectivity index (χ0) is 15.4. The van der Waals surface area contributed by atoms with E-state index in [1.807, 2.05) is 0 Å². The van der Waals surface area contributed by atoms with Crippen LogP contribution in [0.15, 0.2) is 9.85 Å². The Morgan fingerprint density at radius 3 is 2.62 bits per heavy atom. The van der Waals surface area contributed by atoms with Crippen LogP contribution in [0, 0.1) is 0 Å². The molecule has 0 radical (unpaired) electrons. The molecule has 21 heavy (non-hydrogen) atoms. The van der Waals surface area contributed by atoms with Crippen molar-refractivity contribution in [2.75, 3.05) is 20.0 Å². The number of methoxy groups -OCH3 is 2. The summed E-state index contributed by atoms with van der Waals surface area (Å²) in [4.78, 5) is 24.0. The zero-order valence-electron chi connectivity index (χ0n) is 11.1. The second kappa shape index (κ2) is 6.87. The van der Waals surface area contributed by atoms with Crippen LogP contribution in [0.5, 0.6) is 0 Å². The minimum Gasteiger partial charge on any atom is -0.465 e. The van der Waals surface area contributed by atoms with Gasteiger partial charge in [0, 0.05) is 11.3 Å². The second-order valence-corrected chi connectivity index (χ2v) is 6.73. The Morgan fingerprint density at radius 1 is 1.33 bits per heavy atom. The zero-order valence-corrected chi connectivity index (χ0v) is 13.6. The Morgan fingerprint density at radius 2 is 2.05 bits per heavy atom. The Balaban J connectivity index is 2.38. The summed E-state index contributed by atoms with van der Waals surface area (Å²) in [6.07, 6.45) is 0. The number of nitrogens with zero attached hydrogens (tertiary/aromatic N) is 2. The molecule has 10 heteroatoms. The SMILES string of the molecule is COC(=O)c1sc(N)c(C(=O)OC)c1CSc1nncs1. The fraction of sp³-hybridized carbons (Fsp3) is 0.273. The van der Waals surface area contributed by atoms with Crippen molar-refractivity contribution in [3.63, 3.8) is 0 Å². The van der Waals surface area contributed by atoms with Gasteiger partial charge in [-0.2, -0.15) is 0 Å². The quantitative estimate of drug-likeness (QED) is 0.648. The van der Waals surface area contributed by atoms with Gasteiger partial charge in [0.1, 0.15) is 15.4 Å². The number of anilines is 1.